The number of esters is 3. The topological polar surface area (TPSA) is 78.9 Å². The van der Waals surface area contributed by atoms with E-state index in [2.05, 4.69) is 4.74 Å². The molecule has 2 aromatic rings. The minimum absolute atomic E-state index is 0. The van der Waals surface area contributed by atoms with Crippen LogP contribution in [0.2, 0.25) is 0 Å². The van der Waals surface area contributed by atoms with Crippen LogP contribution in [0.1, 0.15) is 27.6 Å². The van der Waals surface area contributed by atoms with Gasteiger partial charge in [0.15, 0.2) is 0 Å². The first-order valence-corrected chi connectivity index (χ1v) is 6.70. The van der Waals surface area contributed by atoms with Gasteiger partial charge in [-0.15, -0.1) is 12.4 Å². The molecular formula is C17H15ClO6. The summed E-state index contributed by atoms with van der Waals surface area (Å²) in [6, 6.07) is 12.4. The molecule has 0 fully saturated rings. The molecule has 0 saturated heterocycles. The maximum Gasteiger partial charge on any atom is 0.347 e. The summed E-state index contributed by atoms with van der Waals surface area (Å²) in [6.45, 7) is 1.23. The lowest BCUT2D eigenvalue weighted by atomic mass is 10.2. The van der Waals surface area contributed by atoms with Gasteiger partial charge in [-0.05, 0) is 24.3 Å². The highest BCUT2D eigenvalue weighted by Crippen LogP contribution is 2.23. The van der Waals surface area contributed by atoms with Crippen LogP contribution in [0.3, 0.4) is 0 Å². The molecule has 0 atom stereocenters. The predicted octanol–water partition coefficient (Wildman–Crippen LogP) is 3.04. The molecular weight excluding hydrogens is 336 g/mol. The smallest absolute Gasteiger partial charge is 0.347 e. The van der Waals surface area contributed by atoms with Gasteiger partial charge in [0, 0.05) is 6.92 Å². The first kappa shape index (κ1) is 19.2. The molecule has 0 amide bonds. The van der Waals surface area contributed by atoms with E-state index < -0.39 is 17.9 Å². The van der Waals surface area contributed by atoms with Gasteiger partial charge in [-0.25, -0.2) is 9.59 Å². The second kappa shape index (κ2) is 8.69. The number of halogens is 1. The van der Waals surface area contributed by atoms with Crippen LogP contribution >= 0.6 is 12.4 Å². The highest BCUT2D eigenvalue weighted by Gasteiger charge is 2.19. The van der Waals surface area contributed by atoms with Crippen molar-refractivity contribution in [2.45, 2.75) is 6.92 Å². The summed E-state index contributed by atoms with van der Waals surface area (Å²) in [5.41, 5.74) is 0.190. The summed E-state index contributed by atoms with van der Waals surface area (Å²) in [5, 5.41) is 0. The largest absolute Gasteiger partial charge is 0.465 e. The number of hydrogen-bond donors (Lipinski definition) is 0. The first-order valence-electron chi connectivity index (χ1n) is 6.70. The molecule has 6 nitrogen and oxygen atoms in total. The molecule has 7 heteroatoms. The zero-order chi connectivity index (χ0) is 16.8. The minimum Gasteiger partial charge on any atom is -0.465 e. The molecule has 24 heavy (non-hydrogen) atoms. The summed E-state index contributed by atoms with van der Waals surface area (Å²) in [5.74, 6) is -1.79. The second-order valence-electron chi connectivity index (χ2n) is 4.47. The van der Waals surface area contributed by atoms with E-state index in [0.29, 0.717) is 0 Å². The number of methoxy groups -OCH3 is 1. The third-order valence-corrected chi connectivity index (χ3v) is 2.86. The van der Waals surface area contributed by atoms with Gasteiger partial charge in [0.05, 0.1) is 7.11 Å². The third-order valence-electron chi connectivity index (χ3n) is 2.86. The van der Waals surface area contributed by atoms with Crippen molar-refractivity contribution in [2.75, 3.05) is 7.11 Å². The van der Waals surface area contributed by atoms with E-state index in [4.69, 9.17) is 9.47 Å². The van der Waals surface area contributed by atoms with Crippen molar-refractivity contribution in [1.29, 1.82) is 0 Å². The lowest BCUT2D eigenvalue weighted by molar-refractivity contribution is -0.131. The number of rotatable bonds is 4. The molecule has 0 radical (unpaired) electrons. The molecule has 0 saturated carbocycles. The fraction of sp³-hybridized carbons (Fsp3) is 0.118. The second-order valence-corrected chi connectivity index (χ2v) is 4.47. The van der Waals surface area contributed by atoms with Gasteiger partial charge in [-0.3, -0.25) is 4.79 Å². The Morgan fingerprint density at radius 3 is 1.71 bits per heavy atom. The number of carbonyl (C=O) groups is 3. The van der Waals surface area contributed by atoms with Crippen LogP contribution in [0.25, 0.3) is 0 Å². The number of ether oxygens (including phenoxy) is 3. The lowest BCUT2D eigenvalue weighted by Crippen LogP contribution is -2.14. The molecule has 2 rings (SSSR count). The minimum atomic E-state index is -0.752. The molecule has 2 aromatic carbocycles. The average molecular weight is 351 g/mol. The zero-order valence-electron chi connectivity index (χ0n) is 13.0. The first-order chi connectivity index (χ1) is 11.0. The molecule has 0 spiro atoms. The maximum atomic E-state index is 12.3. The average Bonchev–Trinajstić information content (AvgIpc) is 2.54. The fourth-order valence-corrected chi connectivity index (χ4v) is 1.87. The summed E-state index contributed by atoms with van der Waals surface area (Å²) in [6.07, 6.45) is 0. The molecule has 126 valence electrons. The Morgan fingerprint density at radius 2 is 1.21 bits per heavy atom. The Labute approximate surface area is 144 Å². The van der Waals surface area contributed by atoms with E-state index in [1.54, 1.807) is 24.3 Å². The van der Waals surface area contributed by atoms with E-state index in [-0.39, 0.29) is 35.0 Å². The van der Waals surface area contributed by atoms with Crippen LogP contribution in [0.15, 0.2) is 48.5 Å². The van der Waals surface area contributed by atoms with Crippen LogP contribution in [0.5, 0.6) is 11.5 Å². The summed E-state index contributed by atoms with van der Waals surface area (Å²) in [7, 11) is 1.23. The van der Waals surface area contributed by atoms with Gasteiger partial charge in [0.25, 0.3) is 0 Å². The molecule has 0 aromatic heterocycles. The Hall–Kier alpha value is -2.86. The fourth-order valence-electron chi connectivity index (χ4n) is 1.87. The SMILES string of the molecule is COC(=O)c1ccccc1OC(=O)c1ccccc1OC(C)=O.Cl. The number of hydrogen-bond acceptors (Lipinski definition) is 6. The standard InChI is InChI=1S/C17H14O6.ClH/c1-11(18)22-14-9-5-4-8-13(14)17(20)23-15-10-6-3-7-12(15)16(19)21-2;/h3-10H,1-2H3;1H. The molecule has 0 aliphatic heterocycles. The van der Waals surface area contributed by atoms with Crippen molar-refractivity contribution >= 4 is 30.3 Å². The van der Waals surface area contributed by atoms with E-state index in [1.165, 1.54) is 38.3 Å². The van der Waals surface area contributed by atoms with Crippen LogP contribution < -0.4 is 9.47 Å². The van der Waals surface area contributed by atoms with E-state index >= 15 is 0 Å². The van der Waals surface area contributed by atoms with Crippen LogP contribution in [-0.4, -0.2) is 25.0 Å². The van der Waals surface area contributed by atoms with Crippen LogP contribution in [0, 0.1) is 0 Å². The number of para-hydroxylation sites is 2. The zero-order valence-corrected chi connectivity index (χ0v) is 13.8. The van der Waals surface area contributed by atoms with Crippen molar-refractivity contribution in [3.8, 4) is 11.5 Å². The van der Waals surface area contributed by atoms with Crippen molar-refractivity contribution in [3.05, 3.63) is 59.7 Å². The van der Waals surface area contributed by atoms with Gasteiger partial charge in [-0.2, -0.15) is 0 Å². The highest BCUT2D eigenvalue weighted by molar-refractivity contribution is 5.97. The van der Waals surface area contributed by atoms with Crippen LogP contribution in [-0.2, 0) is 9.53 Å². The summed E-state index contributed by atoms with van der Waals surface area (Å²) < 4.78 is 14.9. The van der Waals surface area contributed by atoms with E-state index in [9.17, 15) is 14.4 Å². The predicted molar refractivity (Wildman–Crippen MR) is 87.7 cm³/mol. The van der Waals surface area contributed by atoms with E-state index in [1.807, 2.05) is 0 Å². The van der Waals surface area contributed by atoms with Crippen molar-refractivity contribution in [3.63, 3.8) is 0 Å². The normalized spacial score (nSPS) is 9.42. The number of benzene rings is 2. The Kier molecular flexibility index (Phi) is 6.95. The molecule has 0 aliphatic rings. The van der Waals surface area contributed by atoms with Gasteiger partial charge in [-0.1, -0.05) is 24.3 Å². The molecule has 0 aliphatic carbocycles. The van der Waals surface area contributed by atoms with Gasteiger partial charge >= 0.3 is 17.9 Å². The molecule has 0 heterocycles. The Morgan fingerprint density at radius 1 is 0.750 bits per heavy atom. The Bertz CT molecular complexity index is 756. The molecule has 0 N–H and O–H groups in total. The molecule has 0 unspecified atom stereocenters. The van der Waals surface area contributed by atoms with Crippen LogP contribution in [0.4, 0.5) is 0 Å². The van der Waals surface area contributed by atoms with Gasteiger partial charge in [0.2, 0.25) is 0 Å². The van der Waals surface area contributed by atoms with Crippen molar-refractivity contribution in [1.82, 2.24) is 0 Å². The number of carbonyl (C=O) groups excluding carboxylic acids is 3. The summed E-state index contributed by atoms with van der Waals surface area (Å²) in [4.78, 5) is 35.1. The quantitative estimate of drug-likeness (QED) is 0.623. The Balaban J connectivity index is 0.00000288. The molecule has 0 bridgehead atoms. The van der Waals surface area contributed by atoms with Crippen molar-refractivity contribution < 1.29 is 28.6 Å². The third kappa shape index (κ3) is 4.57. The van der Waals surface area contributed by atoms with Gasteiger partial charge < -0.3 is 14.2 Å². The lowest BCUT2D eigenvalue weighted by Gasteiger charge is -2.10. The van der Waals surface area contributed by atoms with Gasteiger partial charge in [0.1, 0.15) is 22.6 Å². The van der Waals surface area contributed by atoms with E-state index in [0.717, 1.165) is 0 Å². The maximum absolute atomic E-state index is 12.3. The highest BCUT2D eigenvalue weighted by atomic mass is 35.5. The summed E-state index contributed by atoms with van der Waals surface area (Å²) >= 11 is 0. The monoisotopic (exact) mass is 350 g/mol. The van der Waals surface area contributed by atoms with Crippen molar-refractivity contribution in [2.24, 2.45) is 0 Å².